The maximum absolute atomic E-state index is 10.7. The molecule has 0 aliphatic carbocycles. The Bertz CT molecular complexity index is 836. The van der Waals surface area contributed by atoms with E-state index in [1.54, 1.807) is 0 Å². The van der Waals surface area contributed by atoms with Crippen molar-refractivity contribution in [3.05, 3.63) is 54.1 Å². The minimum atomic E-state index is -0.737. The second kappa shape index (κ2) is 6.65. The molecule has 1 N–H and O–H groups in total. The van der Waals surface area contributed by atoms with Crippen molar-refractivity contribution in [3.63, 3.8) is 0 Å². The van der Waals surface area contributed by atoms with Gasteiger partial charge in [-0.15, -0.1) is 0 Å². The number of nitrogens with zero attached hydrogens (tertiary/aromatic N) is 2. The summed E-state index contributed by atoms with van der Waals surface area (Å²) < 4.78 is 2.20. The Morgan fingerprint density at radius 3 is 2.74 bits per heavy atom. The second-order valence-electron chi connectivity index (χ2n) is 5.80. The molecule has 0 unspecified atom stereocenters. The van der Waals surface area contributed by atoms with Crippen molar-refractivity contribution in [2.24, 2.45) is 0 Å². The number of unbranched alkanes of at least 4 members (excludes halogenated alkanes) is 1. The highest BCUT2D eigenvalue weighted by molar-refractivity contribution is 5.80. The first-order valence-electron chi connectivity index (χ1n) is 7.89. The van der Waals surface area contributed by atoms with E-state index in [0.29, 0.717) is 6.42 Å². The molecular weight excluding hydrogens is 288 g/mol. The monoisotopic (exact) mass is 308 g/mol. The summed E-state index contributed by atoms with van der Waals surface area (Å²) in [6.07, 6.45) is 1.72. The Morgan fingerprint density at radius 1 is 1.13 bits per heavy atom. The lowest BCUT2D eigenvalue weighted by Crippen LogP contribution is -2.02. The highest BCUT2D eigenvalue weighted by Crippen LogP contribution is 2.26. The number of rotatable bonds is 6. The topological polar surface area (TPSA) is 55.1 Å². The summed E-state index contributed by atoms with van der Waals surface area (Å²) >= 11 is 0. The molecule has 0 atom stereocenters. The van der Waals surface area contributed by atoms with E-state index in [9.17, 15) is 4.79 Å². The number of aryl methyl sites for hydroxylation is 2. The van der Waals surface area contributed by atoms with Crippen molar-refractivity contribution in [2.45, 2.75) is 32.7 Å². The number of carboxylic acids is 1. The molecule has 4 heteroatoms. The van der Waals surface area contributed by atoms with Crippen molar-refractivity contribution in [2.75, 3.05) is 0 Å². The number of para-hydroxylation sites is 2. The number of aromatic nitrogens is 2. The molecule has 0 fully saturated rings. The largest absolute Gasteiger partial charge is 0.481 e. The van der Waals surface area contributed by atoms with Gasteiger partial charge < -0.3 is 9.67 Å². The Labute approximate surface area is 135 Å². The molecule has 4 nitrogen and oxygen atoms in total. The van der Waals surface area contributed by atoms with Crippen LogP contribution in [0.25, 0.3) is 22.4 Å². The normalized spacial score (nSPS) is 11.0. The van der Waals surface area contributed by atoms with Gasteiger partial charge >= 0.3 is 5.97 Å². The van der Waals surface area contributed by atoms with Crippen molar-refractivity contribution in [3.8, 4) is 11.4 Å². The summed E-state index contributed by atoms with van der Waals surface area (Å²) in [6.45, 7) is 2.85. The first kappa shape index (κ1) is 15.3. The number of aliphatic carboxylic acids is 1. The predicted octanol–water partition coefficient (Wildman–Crippen LogP) is 4.27. The number of fused-ring (bicyclic) bond motifs is 1. The van der Waals surface area contributed by atoms with Gasteiger partial charge in [-0.1, -0.05) is 35.9 Å². The van der Waals surface area contributed by atoms with Crippen LogP contribution in [0.4, 0.5) is 0 Å². The molecule has 2 aromatic carbocycles. The molecule has 3 aromatic rings. The van der Waals surface area contributed by atoms with E-state index < -0.39 is 5.97 Å². The highest BCUT2D eigenvalue weighted by Gasteiger charge is 2.12. The maximum atomic E-state index is 10.7. The highest BCUT2D eigenvalue weighted by atomic mass is 16.4. The van der Waals surface area contributed by atoms with Crippen molar-refractivity contribution >= 4 is 17.0 Å². The Hall–Kier alpha value is -2.62. The van der Waals surface area contributed by atoms with E-state index in [1.165, 1.54) is 5.56 Å². The average Bonchev–Trinajstić information content (AvgIpc) is 2.90. The SMILES string of the molecule is Cc1cccc(-c2nc3ccccc3n2CCCCC(=O)O)c1. The molecule has 0 saturated carbocycles. The number of hydrogen-bond donors (Lipinski definition) is 1. The number of imidazole rings is 1. The molecule has 1 heterocycles. The van der Waals surface area contributed by atoms with E-state index in [0.717, 1.165) is 35.4 Å². The molecule has 0 saturated heterocycles. The van der Waals surface area contributed by atoms with Gasteiger partial charge in [0, 0.05) is 18.5 Å². The third-order valence-electron chi connectivity index (χ3n) is 3.95. The number of benzene rings is 2. The molecule has 118 valence electrons. The van der Waals surface area contributed by atoms with Gasteiger partial charge in [0.2, 0.25) is 0 Å². The Balaban J connectivity index is 1.96. The fourth-order valence-corrected chi connectivity index (χ4v) is 2.85. The smallest absolute Gasteiger partial charge is 0.303 e. The van der Waals surface area contributed by atoms with Gasteiger partial charge in [-0.05, 0) is 38.0 Å². The van der Waals surface area contributed by atoms with Crippen LogP contribution in [-0.2, 0) is 11.3 Å². The first-order chi connectivity index (χ1) is 11.1. The van der Waals surface area contributed by atoms with Crippen LogP contribution in [-0.4, -0.2) is 20.6 Å². The van der Waals surface area contributed by atoms with Crippen molar-refractivity contribution in [1.29, 1.82) is 0 Å². The number of hydrogen-bond acceptors (Lipinski definition) is 2. The first-order valence-corrected chi connectivity index (χ1v) is 7.89. The fraction of sp³-hybridized carbons (Fsp3) is 0.263. The van der Waals surface area contributed by atoms with E-state index in [1.807, 2.05) is 24.3 Å². The standard InChI is InChI=1S/C19H20N2O2/c1-14-7-6-8-15(13-14)19-20-16-9-2-3-10-17(16)21(19)12-5-4-11-18(22)23/h2-3,6-10,13H,4-5,11-12H2,1H3,(H,22,23). The van der Waals surface area contributed by atoms with Crippen LogP contribution in [0.1, 0.15) is 24.8 Å². The summed E-state index contributed by atoms with van der Waals surface area (Å²) in [5.41, 5.74) is 4.37. The quantitative estimate of drug-likeness (QED) is 0.692. The molecule has 3 rings (SSSR count). The second-order valence-corrected chi connectivity index (χ2v) is 5.80. The summed E-state index contributed by atoms with van der Waals surface area (Å²) in [7, 11) is 0. The van der Waals surface area contributed by atoms with Crippen LogP contribution in [0, 0.1) is 6.92 Å². The molecule has 0 aliphatic heterocycles. The van der Waals surface area contributed by atoms with E-state index in [-0.39, 0.29) is 6.42 Å². The van der Waals surface area contributed by atoms with Gasteiger partial charge in [0.05, 0.1) is 11.0 Å². The van der Waals surface area contributed by atoms with E-state index in [2.05, 4.69) is 35.8 Å². The minimum Gasteiger partial charge on any atom is -0.481 e. The fourth-order valence-electron chi connectivity index (χ4n) is 2.85. The number of carbonyl (C=O) groups is 1. The molecule has 0 bridgehead atoms. The summed E-state index contributed by atoms with van der Waals surface area (Å²) in [4.78, 5) is 15.5. The molecular formula is C19H20N2O2. The van der Waals surface area contributed by atoms with Crippen molar-refractivity contribution in [1.82, 2.24) is 9.55 Å². The lowest BCUT2D eigenvalue weighted by atomic mass is 10.1. The minimum absolute atomic E-state index is 0.215. The molecule has 1 aromatic heterocycles. The van der Waals surface area contributed by atoms with Crippen molar-refractivity contribution < 1.29 is 9.90 Å². The Morgan fingerprint density at radius 2 is 1.96 bits per heavy atom. The van der Waals surface area contributed by atoms with Crippen LogP contribution in [0.15, 0.2) is 48.5 Å². The van der Waals surface area contributed by atoms with E-state index >= 15 is 0 Å². The molecule has 23 heavy (non-hydrogen) atoms. The van der Waals surface area contributed by atoms with E-state index in [4.69, 9.17) is 10.1 Å². The van der Waals surface area contributed by atoms with Gasteiger partial charge in [0.25, 0.3) is 0 Å². The summed E-state index contributed by atoms with van der Waals surface area (Å²) in [5, 5.41) is 8.79. The molecule has 0 aliphatic rings. The lowest BCUT2D eigenvalue weighted by Gasteiger charge is -2.09. The third-order valence-corrected chi connectivity index (χ3v) is 3.95. The van der Waals surface area contributed by atoms with Gasteiger partial charge in [-0.2, -0.15) is 0 Å². The maximum Gasteiger partial charge on any atom is 0.303 e. The predicted molar refractivity (Wildman–Crippen MR) is 91.4 cm³/mol. The Kier molecular flexibility index (Phi) is 4.42. The van der Waals surface area contributed by atoms with Gasteiger partial charge in [-0.3, -0.25) is 4.79 Å². The molecule has 0 radical (unpaired) electrons. The zero-order valence-corrected chi connectivity index (χ0v) is 13.2. The van der Waals surface area contributed by atoms with Gasteiger partial charge in [-0.25, -0.2) is 4.98 Å². The van der Waals surface area contributed by atoms with Crippen LogP contribution in [0.5, 0.6) is 0 Å². The van der Waals surface area contributed by atoms with Crippen LogP contribution in [0.2, 0.25) is 0 Å². The molecule has 0 amide bonds. The third kappa shape index (κ3) is 3.42. The van der Waals surface area contributed by atoms with Crippen LogP contribution >= 0.6 is 0 Å². The summed E-state index contributed by atoms with van der Waals surface area (Å²) in [6, 6.07) is 16.4. The van der Waals surface area contributed by atoms with Crippen LogP contribution < -0.4 is 0 Å². The number of carboxylic acid groups (broad SMARTS) is 1. The average molecular weight is 308 g/mol. The zero-order chi connectivity index (χ0) is 16.2. The lowest BCUT2D eigenvalue weighted by molar-refractivity contribution is -0.137. The van der Waals surface area contributed by atoms with Gasteiger partial charge in [0.15, 0.2) is 0 Å². The summed E-state index contributed by atoms with van der Waals surface area (Å²) in [5.74, 6) is 0.213. The van der Waals surface area contributed by atoms with Gasteiger partial charge in [0.1, 0.15) is 5.82 Å². The zero-order valence-electron chi connectivity index (χ0n) is 13.2. The van der Waals surface area contributed by atoms with Crippen LogP contribution in [0.3, 0.4) is 0 Å². The molecule has 0 spiro atoms.